The molecule has 2 aromatic rings. The number of hydrogen-bond acceptors (Lipinski definition) is 4. The number of amides is 1. The van der Waals surface area contributed by atoms with Crippen LogP contribution >= 0.6 is 11.3 Å². The zero-order valence-corrected chi connectivity index (χ0v) is 12.5. The van der Waals surface area contributed by atoms with E-state index in [0.717, 1.165) is 17.1 Å². The van der Waals surface area contributed by atoms with E-state index in [-0.39, 0.29) is 11.9 Å². The quantitative estimate of drug-likeness (QED) is 0.920. The molecule has 106 valence electrons. The second-order valence-corrected chi connectivity index (χ2v) is 5.10. The van der Waals surface area contributed by atoms with E-state index in [4.69, 9.17) is 9.47 Å². The average Bonchev–Trinajstić information content (AvgIpc) is 3.00. The molecule has 1 unspecified atom stereocenters. The number of ether oxygens (including phenoxy) is 2. The molecule has 0 aliphatic carbocycles. The van der Waals surface area contributed by atoms with Crippen molar-refractivity contribution in [2.24, 2.45) is 0 Å². The second-order valence-electron chi connectivity index (χ2n) is 4.32. The fraction of sp³-hybridized carbons (Fsp3) is 0.267. The van der Waals surface area contributed by atoms with E-state index in [2.05, 4.69) is 5.32 Å². The molecule has 1 atom stereocenters. The van der Waals surface area contributed by atoms with E-state index in [0.29, 0.717) is 5.56 Å². The summed E-state index contributed by atoms with van der Waals surface area (Å²) in [5.74, 6) is 1.37. The van der Waals surface area contributed by atoms with E-state index in [9.17, 15) is 4.79 Å². The number of thiophene rings is 1. The van der Waals surface area contributed by atoms with Crippen LogP contribution in [0.2, 0.25) is 0 Å². The Morgan fingerprint density at radius 3 is 2.65 bits per heavy atom. The van der Waals surface area contributed by atoms with Crippen LogP contribution < -0.4 is 14.8 Å². The van der Waals surface area contributed by atoms with Gasteiger partial charge in [0, 0.05) is 10.9 Å². The van der Waals surface area contributed by atoms with E-state index < -0.39 is 0 Å². The monoisotopic (exact) mass is 291 g/mol. The van der Waals surface area contributed by atoms with Crippen LogP contribution in [0.1, 0.15) is 28.9 Å². The third-order valence-corrected chi connectivity index (χ3v) is 3.72. The Kier molecular flexibility index (Phi) is 4.63. The van der Waals surface area contributed by atoms with Crippen molar-refractivity contribution in [2.75, 3.05) is 14.2 Å². The summed E-state index contributed by atoms with van der Waals surface area (Å²) < 4.78 is 10.5. The van der Waals surface area contributed by atoms with Gasteiger partial charge in [0.05, 0.1) is 25.8 Å². The van der Waals surface area contributed by atoms with Crippen LogP contribution in [0.25, 0.3) is 0 Å². The molecule has 0 aliphatic rings. The van der Waals surface area contributed by atoms with Gasteiger partial charge in [-0.1, -0.05) is 0 Å². The molecule has 5 heteroatoms. The van der Waals surface area contributed by atoms with Crippen molar-refractivity contribution in [3.05, 3.63) is 46.2 Å². The third kappa shape index (κ3) is 3.11. The van der Waals surface area contributed by atoms with Crippen LogP contribution in [0, 0.1) is 0 Å². The number of carbonyl (C=O) groups is 1. The summed E-state index contributed by atoms with van der Waals surface area (Å²) in [4.78, 5) is 12.1. The number of carbonyl (C=O) groups excluding carboxylic acids is 1. The summed E-state index contributed by atoms with van der Waals surface area (Å²) >= 11 is 1.50. The molecule has 1 heterocycles. The van der Waals surface area contributed by atoms with E-state index in [1.807, 2.05) is 35.9 Å². The van der Waals surface area contributed by atoms with Crippen molar-refractivity contribution in [1.29, 1.82) is 0 Å². The topological polar surface area (TPSA) is 47.6 Å². The fourth-order valence-corrected chi connectivity index (χ4v) is 2.57. The molecule has 1 aromatic heterocycles. The lowest BCUT2D eigenvalue weighted by atomic mass is 10.1. The highest BCUT2D eigenvalue weighted by Crippen LogP contribution is 2.29. The molecular weight excluding hydrogens is 274 g/mol. The second kappa shape index (κ2) is 6.43. The van der Waals surface area contributed by atoms with Crippen molar-refractivity contribution in [1.82, 2.24) is 5.32 Å². The van der Waals surface area contributed by atoms with Gasteiger partial charge in [0.25, 0.3) is 5.91 Å². The highest BCUT2D eigenvalue weighted by Gasteiger charge is 2.16. The predicted octanol–water partition coefficient (Wildman–Crippen LogP) is 3.26. The summed E-state index contributed by atoms with van der Waals surface area (Å²) in [6, 6.07) is 7.16. The minimum atomic E-state index is -0.174. The molecule has 0 fully saturated rings. The van der Waals surface area contributed by atoms with Gasteiger partial charge in [0.15, 0.2) is 0 Å². The number of nitrogens with one attached hydrogen (secondary N) is 1. The molecule has 0 spiro atoms. The van der Waals surface area contributed by atoms with Crippen LogP contribution in [0.5, 0.6) is 11.5 Å². The molecule has 1 aromatic carbocycles. The Bertz CT molecular complexity index is 581. The van der Waals surface area contributed by atoms with Crippen molar-refractivity contribution >= 4 is 17.2 Å². The molecular formula is C15H17NO3S. The molecule has 20 heavy (non-hydrogen) atoms. The summed E-state index contributed by atoms with van der Waals surface area (Å²) in [6.07, 6.45) is 0. The SMILES string of the molecule is COc1ccc(OC)c(C(C)NC(=O)c2ccsc2)c1. The maximum absolute atomic E-state index is 12.1. The molecule has 1 N–H and O–H groups in total. The number of rotatable bonds is 5. The Hall–Kier alpha value is -2.01. The van der Waals surface area contributed by atoms with E-state index in [1.54, 1.807) is 20.3 Å². The maximum atomic E-state index is 12.1. The molecule has 0 aliphatic heterocycles. The molecule has 0 saturated heterocycles. The molecule has 2 rings (SSSR count). The van der Waals surface area contributed by atoms with Gasteiger partial charge in [-0.05, 0) is 36.6 Å². The van der Waals surface area contributed by atoms with Crippen LogP contribution in [-0.4, -0.2) is 20.1 Å². The lowest BCUT2D eigenvalue weighted by Crippen LogP contribution is -2.26. The van der Waals surface area contributed by atoms with Crippen LogP contribution in [0.15, 0.2) is 35.0 Å². The van der Waals surface area contributed by atoms with Crippen molar-refractivity contribution in [2.45, 2.75) is 13.0 Å². The molecule has 1 amide bonds. The Morgan fingerprint density at radius 2 is 2.05 bits per heavy atom. The van der Waals surface area contributed by atoms with Crippen molar-refractivity contribution in [3.8, 4) is 11.5 Å². The van der Waals surface area contributed by atoms with Crippen LogP contribution in [0.3, 0.4) is 0 Å². The lowest BCUT2D eigenvalue weighted by Gasteiger charge is -2.18. The first-order valence-electron chi connectivity index (χ1n) is 6.20. The Labute approximate surface area is 122 Å². The van der Waals surface area contributed by atoms with Gasteiger partial charge < -0.3 is 14.8 Å². The summed E-state index contributed by atoms with van der Waals surface area (Å²) in [7, 11) is 3.22. The Balaban J connectivity index is 2.19. The summed E-state index contributed by atoms with van der Waals surface area (Å²) in [5, 5.41) is 6.66. The normalized spacial score (nSPS) is 11.8. The lowest BCUT2D eigenvalue weighted by molar-refractivity contribution is 0.0940. The number of methoxy groups -OCH3 is 2. The fourth-order valence-electron chi connectivity index (χ4n) is 1.93. The first-order valence-corrected chi connectivity index (χ1v) is 7.15. The average molecular weight is 291 g/mol. The molecule has 0 bridgehead atoms. The third-order valence-electron chi connectivity index (χ3n) is 3.03. The highest BCUT2D eigenvalue weighted by molar-refractivity contribution is 7.08. The minimum absolute atomic E-state index is 0.0939. The smallest absolute Gasteiger partial charge is 0.252 e. The zero-order chi connectivity index (χ0) is 14.5. The predicted molar refractivity (Wildman–Crippen MR) is 79.7 cm³/mol. The van der Waals surface area contributed by atoms with Gasteiger partial charge >= 0.3 is 0 Å². The first kappa shape index (κ1) is 14.4. The van der Waals surface area contributed by atoms with Gasteiger partial charge in [-0.15, -0.1) is 0 Å². The number of hydrogen-bond donors (Lipinski definition) is 1. The summed E-state index contributed by atoms with van der Waals surface area (Å²) in [5.41, 5.74) is 1.55. The highest BCUT2D eigenvalue weighted by atomic mass is 32.1. The molecule has 0 radical (unpaired) electrons. The Morgan fingerprint density at radius 1 is 1.25 bits per heavy atom. The van der Waals surface area contributed by atoms with E-state index in [1.165, 1.54) is 11.3 Å². The largest absolute Gasteiger partial charge is 0.497 e. The van der Waals surface area contributed by atoms with Gasteiger partial charge in [-0.25, -0.2) is 0 Å². The molecule has 0 saturated carbocycles. The first-order chi connectivity index (χ1) is 9.65. The van der Waals surface area contributed by atoms with E-state index >= 15 is 0 Å². The van der Waals surface area contributed by atoms with Gasteiger partial charge in [0.2, 0.25) is 0 Å². The van der Waals surface area contributed by atoms with Gasteiger partial charge in [-0.2, -0.15) is 11.3 Å². The van der Waals surface area contributed by atoms with Crippen LogP contribution in [0.4, 0.5) is 0 Å². The van der Waals surface area contributed by atoms with Crippen molar-refractivity contribution in [3.63, 3.8) is 0 Å². The van der Waals surface area contributed by atoms with Gasteiger partial charge in [0.1, 0.15) is 11.5 Å². The number of benzene rings is 1. The molecule has 4 nitrogen and oxygen atoms in total. The minimum Gasteiger partial charge on any atom is -0.497 e. The standard InChI is InChI=1S/C15H17NO3S/c1-10(16-15(17)11-6-7-20-9-11)13-8-12(18-2)4-5-14(13)19-3/h4-10H,1-3H3,(H,16,17). The van der Waals surface area contributed by atoms with Crippen LogP contribution in [-0.2, 0) is 0 Å². The van der Waals surface area contributed by atoms with Gasteiger partial charge in [-0.3, -0.25) is 4.79 Å². The maximum Gasteiger partial charge on any atom is 0.252 e. The summed E-state index contributed by atoms with van der Waals surface area (Å²) in [6.45, 7) is 1.92. The zero-order valence-electron chi connectivity index (χ0n) is 11.7. The van der Waals surface area contributed by atoms with Crippen molar-refractivity contribution < 1.29 is 14.3 Å².